The smallest absolute Gasteiger partial charge is 0.115 e. The molecule has 0 saturated carbocycles. The van der Waals surface area contributed by atoms with E-state index in [-0.39, 0.29) is 6.04 Å². The minimum Gasteiger partial charge on any atom is -0.374 e. The Labute approximate surface area is 80.0 Å². The average molecular weight is 194 g/mol. The predicted molar refractivity (Wildman–Crippen MR) is 52.7 cm³/mol. The summed E-state index contributed by atoms with van der Waals surface area (Å²) in [6.07, 6.45) is 5.39. The van der Waals surface area contributed by atoms with E-state index in [0.717, 1.165) is 10.7 Å². The van der Waals surface area contributed by atoms with Crippen LogP contribution < -0.4 is 5.32 Å². The summed E-state index contributed by atoms with van der Waals surface area (Å²) in [7, 11) is 0. The van der Waals surface area contributed by atoms with E-state index in [0.29, 0.717) is 0 Å². The molecule has 1 unspecified atom stereocenters. The molecule has 5 heteroatoms. The maximum Gasteiger partial charge on any atom is 0.115 e. The van der Waals surface area contributed by atoms with Crippen molar-refractivity contribution in [1.29, 1.82) is 0 Å². The molecule has 68 valence electrons. The Kier molecular flexibility index (Phi) is 2.27. The molecule has 0 fully saturated rings. The van der Waals surface area contributed by atoms with E-state index in [2.05, 4.69) is 27.4 Å². The third-order valence-corrected chi connectivity index (χ3v) is 2.66. The quantitative estimate of drug-likeness (QED) is 0.786. The van der Waals surface area contributed by atoms with Gasteiger partial charge in [0, 0.05) is 17.8 Å². The Bertz CT molecular complexity index is 340. The summed E-state index contributed by atoms with van der Waals surface area (Å²) in [5.74, 6) is 0. The normalized spacial score (nSPS) is 12.7. The fourth-order valence-electron chi connectivity index (χ4n) is 1.09. The van der Waals surface area contributed by atoms with Gasteiger partial charge in [-0.15, -0.1) is 11.3 Å². The molecule has 2 aromatic heterocycles. The molecule has 2 heterocycles. The van der Waals surface area contributed by atoms with Crippen molar-refractivity contribution >= 4 is 17.0 Å². The number of H-pyrrole nitrogens is 1. The summed E-state index contributed by atoms with van der Waals surface area (Å²) in [6.45, 7) is 2.08. The summed E-state index contributed by atoms with van der Waals surface area (Å²) in [6, 6.07) is 0.234. The monoisotopic (exact) mass is 194 g/mol. The molecule has 0 aromatic carbocycles. The standard InChI is InChI=1S/C8H10N4S/c1-6(8-9-2-3-13-8)12-7-4-10-11-5-7/h2-6,12H,1H3,(H,10,11). The molecule has 0 saturated heterocycles. The predicted octanol–water partition coefficient (Wildman–Crippen LogP) is 2.04. The highest BCUT2D eigenvalue weighted by molar-refractivity contribution is 7.09. The molecule has 2 N–H and O–H groups in total. The van der Waals surface area contributed by atoms with Gasteiger partial charge in [-0.1, -0.05) is 0 Å². The molecule has 4 nitrogen and oxygen atoms in total. The number of aromatic nitrogens is 3. The molecular formula is C8H10N4S. The van der Waals surface area contributed by atoms with Crippen LogP contribution in [0.4, 0.5) is 5.69 Å². The molecule has 2 aromatic rings. The van der Waals surface area contributed by atoms with Crippen LogP contribution in [-0.4, -0.2) is 15.2 Å². The van der Waals surface area contributed by atoms with Gasteiger partial charge < -0.3 is 5.32 Å². The van der Waals surface area contributed by atoms with Gasteiger partial charge in [-0.3, -0.25) is 5.10 Å². The molecule has 0 aliphatic carbocycles. The Hall–Kier alpha value is -1.36. The molecule has 0 spiro atoms. The Balaban J connectivity index is 2.04. The van der Waals surface area contributed by atoms with E-state index < -0.39 is 0 Å². The third-order valence-electron chi connectivity index (χ3n) is 1.70. The number of rotatable bonds is 3. The highest BCUT2D eigenvalue weighted by atomic mass is 32.1. The number of hydrogen-bond donors (Lipinski definition) is 2. The van der Waals surface area contributed by atoms with Crippen molar-refractivity contribution in [1.82, 2.24) is 15.2 Å². The zero-order valence-corrected chi connectivity index (χ0v) is 8.01. The number of nitrogens with one attached hydrogen (secondary N) is 2. The molecule has 0 radical (unpaired) electrons. The van der Waals surface area contributed by atoms with Crippen molar-refractivity contribution < 1.29 is 0 Å². The minimum absolute atomic E-state index is 0.234. The Morgan fingerprint density at radius 2 is 2.54 bits per heavy atom. The zero-order valence-electron chi connectivity index (χ0n) is 7.19. The first-order chi connectivity index (χ1) is 6.36. The van der Waals surface area contributed by atoms with Crippen molar-refractivity contribution in [2.45, 2.75) is 13.0 Å². The number of anilines is 1. The number of thiazole rings is 1. The molecule has 13 heavy (non-hydrogen) atoms. The lowest BCUT2D eigenvalue weighted by atomic mass is 10.3. The fourth-order valence-corrected chi connectivity index (χ4v) is 1.74. The van der Waals surface area contributed by atoms with Crippen molar-refractivity contribution in [3.63, 3.8) is 0 Å². The van der Waals surface area contributed by atoms with E-state index in [4.69, 9.17) is 0 Å². The number of hydrogen-bond acceptors (Lipinski definition) is 4. The van der Waals surface area contributed by atoms with Crippen LogP contribution in [0.15, 0.2) is 24.0 Å². The lowest BCUT2D eigenvalue weighted by Crippen LogP contribution is -2.04. The molecule has 0 bridgehead atoms. The van der Waals surface area contributed by atoms with Crippen LogP contribution in [0.25, 0.3) is 0 Å². The second-order valence-electron chi connectivity index (χ2n) is 2.72. The summed E-state index contributed by atoms with van der Waals surface area (Å²) >= 11 is 1.65. The zero-order chi connectivity index (χ0) is 9.10. The maximum absolute atomic E-state index is 4.22. The van der Waals surface area contributed by atoms with Gasteiger partial charge in [0.1, 0.15) is 5.01 Å². The number of nitrogens with zero attached hydrogens (tertiary/aromatic N) is 2. The third kappa shape index (κ3) is 1.86. The molecule has 0 aliphatic rings. The van der Waals surface area contributed by atoms with Gasteiger partial charge in [0.25, 0.3) is 0 Å². The first-order valence-electron chi connectivity index (χ1n) is 4.01. The van der Waals surface area contributed by atoms with Crippen molar-refractivity contribution in [2.24, 2.45) is 0 Å². The van der Waals surface area contributed by atoms with Gasteiger partial charge in [-0.2, -0.15) is 5.10 Å². The van der Waals surface area contributed by atoms with Crippen molar-refractivity contribution in [3.05, 3.63) is 29.0 Å². The van der Waals surface area contributed by atoms with Crippen LogP contribution in [0.1, 0.15) is 18.0 Å². The summed E-state index contributed by atoms with van der Waals surface area (Å²) in [5, 5.41) is 12.9. The van der Waals surface area contributed by atoms with Crippen LogP contribution >= 0.6 is 11.3 Å². The fraction of sp³-hybridized carbons (Fsp3) is 0.250. The average Bonchev–Trinajstić information content (AvgIpc) is 2.74. The van der Waals surface area contributed by atoms with Crippen LogP contribution in [0, 0.1) is 0 Å². The lowest BCUT2D eigenvalue weighted by molar-refractivity contribution is 0.870. The van der Waals surface area contributed by atoms with Crippen LogP contribution in [0.3, 0.4) is 0 Å². The summed E-state index contributed by atoms with van der Waals surface area (Å²) < 4.78 is 0. The Morgan fingerprint density at radius 1 is 1.62 bits per heavy atom. The molecule has 0 amide bonds. The van der Waals surface area contributed by atoms with Crippen LogP contribution in [0.5, 0.6) is 0 Å². The lowest BCUT2D eigenvalue weighted by Gasteiger charge is -2.09. The topological polar surface area (TPSA) is 53.6 Å². The Morgan fingerprint density at radius 3 is 3.15 bits per heavy atom. The molecular weight excluding hydrogens is 184 g/mol. The van der Waals surface area contributed by atoms with Gasteiger partial charge in [-0.05, 0) is 6.92 Å². The van der Waals surface area contributed by atoms with Gasteiger partial charge >= 0.3 is 0 Å². The second-order valence-corrected chi connectivity index (χ2v) is 3.65. The first kappa shape index (κ1) is 8.25. The highest BCUT2D eigenvalue weighted by Gasteiger charge is 2.07. The van der Waals surface area contributed by atoms with Crippen molar-refractivity contribution in [2.75, 3.05) is 5.32 Å². The van der Waals surface area contributed by atoms with Crippen molar-refractivity contribution in [3.8, 4) is 0 Å². The van der Waals surface area contributed by atoms with E-state index in [9.17, 15) is 0 Å². The second kappa shape index (κ2) is 3.57. The summed E-state index contributed by atoms with van der Waals surface area (Å²) in [4.78, 5) is 4.22. The van der Waals surface area contributed by atoms with Gasteiger partial charge in [0.05, 0.1) is 17.9 Å². The molecule has 0 aliphatic heterocycles. The summed E-state index contributed by atoms with van der Waals surface area (Å²) in [5.41, 5.74) is 0.989. The minimum atomic E-state index is 0.234. The largest absolute Gasteiger partial charge is 0.374 e. The first-order valence-corrected chi connectivity index (χ1v) is 4.89. The van der Waals surface area contributed by atoms with Gasteiger partial charge in [0.15, 0.2) is 0 Å². The van der Waals surface area contributed by atoms with Gasteiger partial charge in [0.2, 0.25) is 0 Å². The van der Waals surface area contributed by atoms with Gasteiger partial charge in [-0.25, -0.2) is 4.98 Å². The van der Waals surface area contributed by atoms with E-state index in [1.165, 1.54) is 0 Å². The molecule has 2 rings (SSSR count). The van der Waals surface area contributed by atoms with Crippen LogP contribution in [-0.2, 0) is 0 Å². The SMILES string of the molecule is CC(Nc1cn[nH]c1)c1nccs1. The van der Waals surface area contributed by atoms with E-state index in [1.54, 1.807) is 17.5 Å². The number of aromatic amines is 1. The van der Waals surface area contributed by atoms with Crippen LogP contribution in [0.2, 0.25) is 0 Å². The maximum atomic E-state index is 4.22. The van der Waals surface area contributed by atoms with E-state index >= 15 is 0 Å². The van der Waals surface area contributed by atoms with E-state index in [1.807, 2.05) is 17.8 Å². The highest BCUT2D eigenvalue weighted by Crippen LogP contribution is 2.19. The molecule has 1 atom stereocenters.